The lowest BCUT2D eigenvalue weighted by Gasteiger charge is -2.07. The normalized spacial score (nSPS) is 10.1. The van der Waals surface area contributed by atoms with E-state index in [1.54, 1.807) is 7.11 Å². The van der Waals surface area contributed by atoms with Gasteiger partial charge in [0.1, 0.15) is 18.1 Å². The van der Waals surface area contributed by atoms with Crippen LogP contribution >= 0.6 is 0 Å². The second-order valence-electron chi connectivity index (χ2n) is 3.63. The summed E-state index contributed by atoms with van der Waals surface area (Å²) in [6, 6.07) is 7.65. The van der Waals surface area contributed by atoms with Gasteiger partial charge in [0.05, 0.1) is 7.11 Å². The molecule has 1 aromatic carbocycles. The first-order chi connectivity index (χ1) is 7.86. The predicted octanol–water partition coefficient (Wildman–Crippen LogP) is 2.46. The third kappa shape index (κ3) is 5.03. The maximum Gasteiger partial charge on any atom is 0.119 e. The summed E-state index contributed by atoms with van der Waals surface area (Å²) in [5.74, 6) is 1.74. The summed E-state index contributed by atoms with van der Waals surface area (Å²) < 4.78 is 10.6. The first-order valence-corrected chi connectivity index (χ1v) is 5.84. The molecule has 0 saturated carbocycles. The Bertz CT molecular complexity index is 272. The number of unbranched alkanes of at least 4 members (excludes halogenated alkanes) is 1. The summed E-state index contributed by atoms with van der Waals surface area (Å²) in [4.78, 5) is 0. The Balaban J connectivity index is 2.12. The van der Waals surface area contributed by atoms with Crippen molar-refractivity contribution in [2.75, 3.05) is 26.8 Å². The Labute approximate surface area is 97.8 Å². The molecule has 0 radical (unpaired) electrons. The van der Waals surface area contributed by atoms with Gasteiger partial charge in [-0.25, -0.2) is 0 Å². The lowest BCUT2D eigenvalue weighted by atomic mass is 10.3. The van der Waals surface area contributed by atoms with Gasteiger partial charge in [0.15, 0.2) is 0 Å². The van der Waals surface area contributed by atoms with Gasteiger partial charge in [0, 0.05) is 6.54 Å². The van der Waals surface area contributed by atoms with Gasteiger partial charge in [-0.05, 0) is 37.2 Å². The molecule has 1 rings (SSSR count). The Kier molecular flexibility index (Phi) is 6.42. The SMILES string of the molecule is CCCCNCCOc1ccc(OC)cc1. The lowest BCUT2D eigenvalue weighted by molar-refractivity contribution is 0.313. The van der Waals surface area contributed by atoms with E-state index < -0.39 is 0 Å². The molecule has 0 aliphatic heterocycles. The summed E-state index contributed by atoms with van der Waals surface area (Å²) in [5, 5.41) is 3.33. The van der Waals surface area contributed by atoms with Crippen LogP contribution in [0.1, 0.15) is 19.8 Å². The fourth-order valence-corrected chi connectivity index (χ4v) is 1.34. The fourth-order valence-electron chi connectivity index (χ4n) is 1.34. The molecule has 16 heavy (non-hydrogen) atoms. The minimum absolute atomic E-state index is 0.704. The highest BCUT2D eigenvalue weighted by molar-refractivity contribution is 5.31. The van der Waals surface area contributed by atoms with E-state index >= 15 is 0 Å². The number of nitrogens with one attached hydrogen (secondary N) is 1. The molecule has 0 bridgehead atoms. The van der Waals surface area contributed by atoms with Gasteiger partial charge in [0.2, 0.25) is 0 Å². The molecule has 0 saturated heterocycles. The Morgan fingerprint density at radius 1 is 1.06 bits per heavy atom. The predicted molar refractivity (Wildman–Crippen MR) is 66.3 cm³/mol. The van der Waals surface area contributed by atoms with Crippen molar-refractivity contribution in [1.29, 1.82) is 0 Å². The highest BCUT2D eigenvalue weighted by Crippen LogP contribution is 2.16. The van der Waals surface area contributed by atoms with Crippen LogP contribution in [-0.2, 0) is 0 Å². The zero-order valence-electron chi connectivity index (χ0n) is 10.2. The average Bonchev–Trinajstić information content (AvgIpc) is 2.34. The highest BCUT2D eigenvalue weighted by Gasteiger charge is 1.94. The van der Waals surface area contributed by atoms with Crippen molar-refractivity contribution >= 4 is 0 Å². The maximum atomic E-state index is 5.57. The maximum absolute atomic E-state index is 5.57. The summed E-state index contributed by atoms with van der Waals surface area (Å²) in [7, 11) is 1.66. The van der Waals surface area contributed by atoms with Crippen molar-refractivity contribution in [3.63, 3.8) is 0 Å². The van der Waals surface area contributed by atoms with E-state index in [9.17, 15) is 0 Å². The van der Waals surface area contributed by atoms with Gasteiger partial charge in [-0.2, -0.15) is 0 Å². The zero-order valence-corrected chi connectivity index (χ0v) is 10.2. The molecule has 3 nitrogen and oxygen atoms in total. The van der Waals surface area contributed by atoms with Crippen molar-refractivity contribution < 1.29 is 9.47 Å². The molecular formula is C13H21NO2. The molecule has 0 spiro atoms. The van der Waals surface area contributed by atoms with E-state index in [2.05, 4.69) is 12.2 Å². The number of methoxy groups -OCH3 is 1. The molecule has 0 fully saturated rings. The smallest absolute Gasteiger partial charge is 0.119 e. The van der Waals surface area contributed by atoms with Crippen molar-refractivity contribution in [2.24, 2.45) is 0 Å². The number of hydrogen-bond donors (Lipinski definition) is 1. The third-order valence-corrected chi connectivity index (χ3v) is 2.31. The van der Waals surface area contributed by atoms with Crippen molar-refractivity contribution in [3.05, 3.63) is 24.3 Å². The summed E-state index contributed by atoms with van der Waals surface area (Å²) in [6.45, 7) is 4.86. The molecule has 3 heteroatoms. The second kappa shape index (κ2) is 7.99. The monoisotopic (exact) mass is 223 g/mol. The lowest BCUT2D eigenvalue weighted by Crippen LogP contribution is -2.21. The van der Waals surface area contributed by atoms with Gasteiger partial charge in [-0.15, -0.1) is 0 Å². The third-order valence-electron chi connectivity index (χ3n) is 2.31. The van der Waals surface area contributed by atoms with Gasteiger partial charge in [0.25, 0.3) is 0 Å². The summed E-state index contributed by atoms with van der Waals surface area (Å²) in [5.41, 5.74) is 0. The first kappa shape index (κ1) is 12.8. The van der Waals surface area contributed by atoms with Gasteiger partial charge >= 0.3 is 0 Å². The summed E-state index contributed by atoms with van der Waals surface area (Å²) >= 11 is 0. The molecule has 0 aliphatic rings. The molecule has 0 unspecified atom stereocenters. The van der Waals surface area contributed by atoms with E-state index in [4.69, 9.17) is 9.47 Å². The van der Waals surface area contributed by atoms with Gasteiger partial charge in [-0.3, -0.25) is 0 Å². The molecule has 0 aromatic heterocycles. The van der Waals surface area contributed by atoms with Crippen LogP contribution in [0.15, 0.2) is 24.3 Å². The van der Waals surface area contributed by atoms with Crippen LogP contribution in [0.4, 0.5) is 0 Å². The molecule has 0 amide bonds. The van der Waals surface area contributed by atoms with Crippen LogP contribution < -0.4 is 14.8 Å². The molecule has 90 valence electrons. The van der Waals surface area contributed by atoms with Crippen LogP contribution in [0.3, 0.4) is 0 Å². The van der Waals surface area contributed by atoms with Crippen LogP contribution in [0, 0.1) is 0 Å². The molecule has 1 aromatic rings. The zero-order chi connectivity index (χ0) is 11.6. The van der Waals surface area contributed by atoms with E-state index in [1.807, 2.05) is 24.3 Å². The number of benzene rings is 1. The number of ether oxygens (including phenoxy) is 2. The van der Waals surface area contributed by atoms with Crippen LogP contribution in [0.25, 0.3) is 0 Å². The molecular weight excluding hydrogens is 202 g/mol. The van der Waals surface area contributed by atoms with Crippen LogP contribution in [0.2, 0.25) is 0 Å². The number of rotatable bonds is 8. The van der Waals surface area contributed by atoms with E-state index in [0.29, 0.717) is 6.61 Å². The quantitative estimate of drug-likeness (QED) is 0.687. The van der Waals surface area contributed by atoms with Crippen molar-refractivity contribution in [2.45, 2.75) is 19.8 Å². The average molecular weight is 223 g/mol. The Morgan fingerprint density at radius 3 is 2.38 bits per heavy atom. The highest BCUT2D eigenvalue weighted by atomic mass is 16.5. The molecule has 0 heterocycles. The minimum atomic E-state index is 0.704. The molecule has 0 aliphatic carbocycles. The standard InChI is InChI=1S/C13H21NO2/c1-3-4-9-14-10-11-16-13-7-5-12(15-2)6-8-13/h5-8,14H,3-4,9-11H2,1-2H3. The van der Waals surface area contributed by atoms with Crippen LogP contribution in [-0.4, -0.2) is 26.8 Å². The second-order valence-corrected chi connectivity index (χ2v) is 3.63. The Hall–Kier alpha value is -1.22. The fraction of sp³-hybridized carbons (Fsp3) is 0.538. The van der Waals surface area contributed by atoms with E-state index in [-0.39, 0.29) is 0 Å². The topological polar surface area (TPSA) is 30.5 Å². The largest absolute Gasteiger partial charge is 0.497 e. The van der Waals surface area contributed by atoms with Crippen molar-refractivity contribution in [1.82, 2.24) is 5.32 Å². The van der Waals surface area contributed by atoms with E-state index in [1.165, 1.54) is 12.8 Å². The molecule has 0 atom stereocenters. The molecule has 1 N–H and O–H groups in total. The summed E-state index contributed by atoms with van der Waals surface area (Å²) in [6.07, 6.45) is 2.45. The van der Waals surface area contributed by atoms with E-state index in [0.717, 1.165) is 24.6 Å². The first-order valence-electron chi connectivity index (χ1n) is 5.84. The van der Waals surface area contributed by atoms with Gasteiger partial charge in [-0.1, -0.05) is 13.3 Å². The Morgan fingerprint density at radius 2 is 1.75 bits per heavy atom. The van der Waals surface area contributed by atoms with Crippen molar-refractivity contribution in [3.8, 4) is 11.5 Å². The number of hydrogen-bond acceptors (Lipinski definition) is 3. The minimum Gasteiger partial charge on any atom is -0.497 e. The van der Waals surface area contributed by atoms with Crippen LogP contribution in [0.5, 0.6) is 11.5 Å². The van der Waals surface area contributed by atoms with Gasteiger partial charge < -0.3 is 14.8 Å².